The van der Waals surface area contributed by atoms with Gasteiger partial charge in [-0.25, -0.2) is 13.2 Å². The van der Waals surface area contributed by atoms with Gasteiger partial charge >= 0.3 is 6.09 Å². The normalized spacial score (nSPS) is 14.4. The molecule has 0 atom stereocenters. The molecule has 1 saturated heterocycles. The van der Waals surface area contributed by atoms with Gasteiger partial charge in [-0.1, -0.05) is 30.3 Å². The van der Waals surface area contributed by atoms with E-state index in [9.17, 15) is 18.0 Å². The quantitative estimate of drug-likeness (QED) is 0.804. The fourth-order valence-electron chi connectivity index (χ4n) is 2.98. The predicted molar refractivity (Wildman–Crippen MR) is 109 cm³/mol. The molecule has 154 valence electrons. The van der Waals surface area contributed by atoms with Gasteiger partial charge in [0.1, 0.15) is 6.61 Å². The molecule has 0 aromatic heterocycles. The lowest BCUT2D eigenvalue weighted by Crippen LogP contribution is -2.50. The SMILES string of the molecule is CS(=O)(=O)Nc1ccc(C(=O)N2CCN(C(=O)OCc3ccccc3)CC2)cc1. The molecule has 29 heavy (non-hydrogen) atoms. The molecule has 1 heterocycles. The highest BCUT2D eigenvalue weighted by Gasteiger charge is 2.25. The Labute approximate surface area is 170 Å². The van der Waals surface area contributed by atoms with E-state index in [1.165, 1.54) is 0 Å². The molecule has 0 spiro atoms. The monoisotopic (exact) mass is 417 g/mol. The second kappa shape index (κ2) is 8.95. The van der Waals surface area contributed by atoms with Crippen LogP contribution < -0.4 is 4.72 Å². The first kappa shape index (κ1) is 20.7. The van der Waals surface area contributed by atoms with Crippen molar-refractivity contribution in [2.24, 2.45) is 0 Å². The maximum Gasteiger partial charge on any atom is 0.410 e. The van der Waals surface area contributed by atoms with E-state index >= 15 is 0 Å². The first-order valence-corrected chi connectivity index (χ1v) is 11.0. The minimum atomic E-state index is -3.36. The molecular weight excluding hydrogens is 394 g/mol. The van der Waals surface area contributed by atoms with Gasteiger partial charge < -0.3 is 14.5 Å². The zero-order valence-corrected chi connectivity index (χ0v) is 16.9. The average molecular weight is 417 g/mol. The van der Waals surface area contributed by atoms with Gasteiger partial charge in [0.25, 0.3) is 5.91 Å². The van der Waals surface area contributed by atoms with E-state index in [0.29, 0.717) is 37.4 Å². The molecule has 1 fully saturated rings. The van der Waals surface area contributed by atoms with Gasteiger partial charge in [0.15, 0.2) is 0 Å². The van der Waals surface area contributed by atoms with Gasteiger partial charge in [0.2, 0.25) is 10.0 Å². The van der Waals surface area contributed by atoms with E-state index in [0.717, 1.165) is 11.8 Å². The van der Waals surface area contributed by atoms with Crippen LogP contribution in [-0.4, -0.2) is 62.7 Å². The third-order valence-corrected chi connectivity index (χ3v) is 5.07. The fourth-order valence-corrected chi connectivity index (χ4v) is 3.54. The Morgan fingerprint density at radius 3 is 2.10 bits per heavy atom. The number of hydrogen-bond acceptors (Lipinski definition) is 5. The maximum absolute atomic E-state index is 12.6. The summed E-state index contributed by atoms with van der Waals surface area (Å²) in [6.07, 6.45) is 0.674. The fraction of sp³-hybridized carbons (Fsp3) is 0.300. The highest BCUT2D eigenvalue weighted by molar-refractivity contribution is 7.92. The number of carbonyl (C=O) groups excluding carboxylic acids is 2. The molecule has 0 bridgehead atoms. The van der Waals surface area contributed by atoms with Crippen molar-refractivity contribution in [1.29, 1.82) is 0 Å². The van der Waals surface area contributed by atoms with Crippen LogP contribution in [0.2, 0.25) is 0 Å². The minimum absolute atomic E-state index is 0.159. The van der Waals surface area contributed by atoms with Crippen molar-refractivity contribution in [1.82, 2.24) is 9.80 Å². The first-order chi connectivity index (χ1) is 13.8. The second-order valence-corrected chi connectivity index (χ2v) is 8.52. The molecule has 0 unspecified atom stereocenters. The van der Waals surface area contributed by atoms with Crippen LogP contribution in [0.5, 0.6) is 0 Å². The van der Waals surface area contributed by atoms with Crippen molar-refractivity contribution in [3.05, 3.63) is 65.7 Å². The number of nitrogens with one attached hydrogen (secondary N) is 1. The number of nitrogens with zero attached hydrogens (tertiary/aromatic N) is 2. The zero-order chi connectivity index (χ0) is 20.9. The smallest absolute Gasteiger partial charge is 0.410 e. The number of hydrogen-bond donors (Lipinski definition) is 1. The van der Waals surface area contributed by atoms with E-state index in [2.05, 4.69) is 4.72 Å². The van der Waals surface area contributed by atoms with Crippen molar-refractivity contribution in [3.8, 4) is 0 Å². The number of rotatable bonds is 5. The van der Waals surface area contributed by atoms with Crippen molar-refractivity contribution in [2.75, 3.05) is 37.2 Å². The number of ether oxygens (including phenoxy) is 1. The van der Waals surface area contributed by atoms with Crippen LogP contribution in [0.4, 0.5) is 10.5 Å². The summed E-state index contributed by atoms with van der Waals surface area (Å²) >= 11 is 0. The summed E-state index contributed by atoms with van der Waals surface area (Å²) in [7, 11) is -3.36. The van der Waals surface area contributed by atoms with E-state index in [1.807, 2.05) is 30.3 Å². The largest absolute Gasteiger partial charge is 0.445 e. The third kappa shape index (κ3) is 5.95. The average Bonchev–Trinajstić information content (AvgIpc) is 2.72. The molecule has 8 nitrogen and oxygen atoms in total. The number of anilines is 1. The molecule has 1 aliphatic rings. The van der Waals surface area contributed by atoms with Crippen LogP contribution in [0.3, 0.4) is 0 Å². The van der Waals surface area contributed by atoms with Crippen LogP contribution in [0.25, 0.3) is 0 Å². The van der Waals surface area contributed by atoms with Gasteiger partial charge in [-0.05, 0) is 29.8 Å². The standard InChI is InChI=1S/C20H23N3O5S/c1-29(26,27)21-18-9-7-17(8-10-18)19(24)22-11-13-23(14-12-22)20(25)28-15-16-5-3-2-4-6-16/h2-10,21H,11-15H2,1H3. The molecular formula is C20H23N3O5S. The molecule has 1 N–H and O–H groups in total. The van der Waals surface area contributed by atoms with Gasteiger partial charge in [0.05, 0.1) is 6.26 Å². The predicted octanol–water partition coefficient (Wildman–Crippen LogP) is 2.15. The van der Waals surface area contributed by atoms with Crippen LogP contribution in [0.15, 0.2) is 54.6 Å². The van der Waals surface area contributed by atoms with Crippen molar-refractivity contribution in [3.63, 3.8) is 0 Å². The Hall–Kier alpha value is -3.07. The van der Waals surface area contributed by atoms with E-state index in [-0.39, 0.29) is 12.5 Å². The van der Waals surface area contributed by atoms with E-state index in [1.54, 1.807) is 34.1 Å². The Balaban J connectivity index is 1.49. The number of amides is 2. The molecule has 3 rings (SSSR count). The van der Waals surface area contributed by atoms with Gasteiger partial charge in [-0.2, -0.15) is 0 Å². The molecule has 1 aliphatic heterocycles. The summed E-state index contributed by atoms with van der Waals surface area (Å²) in [5, 5.41) is 0. The van der Waals surface area contributed by atoms with Crippen molar-refractivity contribution < 1.29 is 22.7 Å². The Kier molecular flexibility index (Phi) is 6.38. The molecule has 0 saturated carbocycles. The summed E-state index contributed by atoms with van der Waals surface area (Å²) in [5.74, 6) is -0.159. The summed E-state index contributed by atoms with van der Waals surface area (Å²) in [6.45, 7) is 1.82. The van der Waals surface area contributed by atoms with Gasteiger partial charge in [-0.15, -0.1) is 0 Å². The van der Waals surface area contributed by atoms with Crippen molar-refractivity contribution in [2.45, 2.75) is 6.61 Å². The molecule has 0 radical (unpaired) electrons. The summed E-state index contributed by atoms with van der Waals surface area (Å²) in [4.78, 5) is 28.1. The Morgan fingerprint density at radius 2 is 1.52 bits per heavy atom. The highest BCUT2D eigenvalue weighted by atomic mass is 32.2. The lowest BCUT2D eigenvalue weighted by molar-refractivity contribution is 0.0544. The van der Waals surface area contributed by atoms with E-state index < -0.39 is 16.1 Å². The van der Waals surface area contributed by atoms with E-state index in [4.69, 9.17) is 4.74 Å². The summed E-state index contributed by atoms with van der Waals surface area (Å²) in [5.41, 5.74) is 1.78. The molecule has 2 aromatic carbocycles. The number of sulfonamides is 1. The highest BCUT2D eigenvalue weighted by Crippen LogP contribution is 2.14. The molecule has 2 amide bonds. The van der Waals surface area contributed by atoms with Crippen molar-refractivity contribution >= 4 is 27.7 Å². The Bertz CT molecular complexity index is 953. The van der Waals surface area contributed by atoms with Crippen LogP contribution in [0.1, 0.15) is 15.9 Å². The molecule has 0 aliphatic carbocycles. The first-order valence-electron chi connectivity index (χ1n) is 9.14. The van der Waals surface area contributed by atoms with Crippen LogP contribution >= 0.6 is 0 Å². The van der Waals surface area contributed by atoms with Gasteiger partial charge in [-0.3, -0.25) is 9.52 Å². The maximum atomic E-state index is 12.6. The minimum Gasteiger partial charge on any atom is -0.445 e. The number of piperazine rings is 1. The topological polar surface area (TPSA) is 96.0 Å². The zero-order valence-electron chi connectivity index (χ0n) is 16.1. The Morgan fingerprint density at radius 1 is 0.931 bits per heavy atom. The lowest BCUT2D eigenvalue weighted by atomic mass is 10.1. The van der Waals surface area contributed by atoms with Crippen LogP contribution in [-0.2, 0) is 21.4 Å². The summed E-state index contributed by atoms with van der Waals surface area (Å²) in [6, 6.07) is 15.7. The second-order valence-electron chi connectivity index (χ2n) is 6.77. The molecule has 9 heteroatoms. The molecule has 2 aromatic rings. The van der Waals surface area contributed by atoms with Gasteiger partial charge in [0, 0.05) is 37.4 Å². The summed E-state index contributed by atoms with van der Waals surface area (Å²) < 4.78 is 30.2. The number of carbonyl (C=O) groups is 2. The third-order valence-electron chi connectivity index (χ3n) is 4.47. The number of benzene rings is 2. The van der Waals surface area contributed by atoms with Crippen LogP contribution in [0, 0.1) is 0 Å². The lowest BCUT2D eigenvalue weighted by Gasteiger charge is -2.34.